The van der Waals surface area contributed by atoms with Crippen molar-refractivity contribution in [1.29, 1.82) is 0 Å². The van der Waals surface area contributed by atoms with E-state index >= 15 is 0 Å². The van der Waals surface area contributed by atoms with E-state index in [2.05, 4.69) is 10.4 Å². The van der Waals surface area contributed by atoms with Crippen molar-refractivity contribution in [2.24, 2.45) is 0 Å². The quantitative estimate of drug-likeness (QED) is 0.873. The van der Waals surface area contributed by atoms with Crippen molar-refractivity contribution in [1.82, 2.24) is 9.88 Å². The Morgan fingerprint density at radius 2 is 2.17 bits per heavy atom. The average Bonchev–Trinajstić information content (AvgIpc) is 3.22. The number of aliphatic hydroxyl groups is 1. The SMILES string of the molecule is Cc1nc(-c2ccc(CC(=O)N3CCCC3CCCO)cc2)cs1. The van der Waals surface area contributed by atoms with Crippen LogP contribution in [0.1, 0.15) is 36.3 Å². The van der Waals surface area contributed by atoms with Crippen molar-refractivity contribution in [2.45, 2.75) is 45.1 Å². The van der Waals surface area contributed by atoms with Gasteiger partial charge >= 0.3 is 0 Å². The molecule has 1 fully saturated rings. The van der Waals surface area contributed by atoms with E-state index in [9.17, 15) is 4.79 Å². The third-order valence-electron chi connectivity index (χ3n) is 4.62. The van der Waals surface area contributed by atoms with Crippen molar-refractivity contribution >= 4 is 17.2 Å². The number of aliphatic hydroxyl groups excluding tert-OH is 1. The van der Waals surface area contributed by atoms with Gasteiger partial charge in [-0.15, -0.1) is 11.3 Å². The van der Waals surface area contributed by atoms with Crippen LogP contribution in [0.5, 0.6) is 0 Å². The smallest absolute Gasteiger partial charge is 0.227 e. The summed E-state index contributed by atoms with van der Waals surface area (Å²) in [4.78, 5) is 19.1. The summed E-state index contributed by atoms with van der Waals surface area (Å²) < 4.78 is 0. The molecule has 1 N–H and O–H groups in total. The number of benzene rings is 1. The minimum Gasteiger partial charge on any atom is -0.396 e. The summed E-state index contributed by atoms with van der Waals surface area (Å²) in [6, 6.07) is 8.46. The Morgan fingerprint density at radius 3 is 2.83 bits per heavy atom. The average molecular weight is 344 g/mol. The maximum absolute atomic E-state index is 12.6. The van der Waals surface area contributed by atoms with Gasteiger partial charge in [-0.3, -0.25) is 4.79 Å². The van der Waals surface area contributed by atoms with Gasteiger partial charge in [0.2, 0.25) is 5.91 Å². The van der Waals surface area contributed by atoms with E-state index in [0.717, 1.165) is 54.1 Å². The zero-order valence-corrected chi connectivity index (χ0v) is 14.9. The molecule has 1 aliphatic rings. The number of hydrogen-bond donors (Lipinski definition) is 1. The molecule has 128 valence electrons. The third kappa shape index (κ3) is 4.02. The van der Waals surface area contributed by atoms with Gasteiger partial charge in [0.1, 0.15) is 0 Å². The molecule has 0 radical (unpaired) electrons. The molecule has 1 aromatic heterocycles. The zero-order chi connectivity index (χ0) is 16.9. The lowest BCUT2D eigenvalue weighted by Crippen LogP contribution is -2.36. The van der Waals surface area contributed by atoms with Gasteiger partial charge in [-0.25, -0.2) is 4.98 Å². The Bertz CT molecular complexity index is 681. The van der Waals surface area contributed by atoms with Gasteiger partial charge in [0, 0.05) is 30.1 Å². The second-order valence-corrected chi connectivity index (χ2v) is 7.44. The van der Waals surface area contributed by atoms with Crippen LogP contribution in [0.15, 0.2) is 29.6 Å². The minimum atomic E-state index is 0.202. The Kier molecular flexibility index (Phi) is 5.63. The molecule has 0 bridgehead atoms. The van der Waals surface area contributed by atoms with E-state index in [4.69, 9.17) is 5.11 Å². The molecule has 2 heterocycles. The summed E-state index contributed by atoms with van der Waals surface area (Å²) in [6.07, 6.45) is 4.27. The first kappa shape index (κ1) is 17.1. The van der Waals surface area contributed by atoms with Crippen molar-refractivity contribution in [3.63, 3.8) is 0 Å². The highest BCUT2D eigenvalue weighted by molar-refractivity contribution is 7.09. The lowest BCUT2D eigenvalue weighted by atomic mass is 10.1. The highest BCUT2D eigenvalue weighted by atomic mass is 32.1. The number of carbonyl (C=O) groups excluding carboxylic acids is 1. The van der Waals surface area contributed by atoms with Crippen molar-refractivity contribution in [2.75, 3.05) is 13.2 Å². The van der Waals surface area contributed by atoms with E-state index in [1.54, 1.807) is 11.3 Å². The van der Waals surface area contributed by atoms with E-state index in [1.807, 2.05) is 36.1 Å². The van der Waals surface area contributed by atoms with E-state index < -0.39 is 0 Å². The molecule has 3 rings (SSSR count). The summed E-state index contributed by atoms with van der Waals surface area (Å²) in [6.45, 7) is 3.06. The molecule has 1 amide bonds. The van der Waals surface area contributed by atoms with Crippen molar-refractivity contribution in [3.05, 3.63) is 40.2 Å². The largest absolute Gasteiger partial charge is 0.396 e. The lowest BCUT2D eigenvalue weighted by Gasteiger charge is -2.24. The van der Waals surface area contributed by atoms with Gasteiger partial charge in [-0.05, 0) is 38.2 Å². The van der Waals surface area contributed by atoms with Crippen LogP contribution in [0.4, 0.5) is 0 Å². The van der Waals surface area contributed by atoms with Crippen LogP contribution in [-0.2, 0) is 11.2 Å². The number of thiazole rings is 1. The molecule has 4 nitrogen and oxygen atoms in total. The second-order valence-electron chi connectivity index (χ2n) is 6.37. The predicted octanol–water partition coefficient (Wildman–Crippen LogP) is 3.42. The topological polar surface area (TPSA) is 53.4 Å². The predicted molar refractivity (Wildman–Crippen MR) is 97.0 cm³/mol. The summed E-state index contributed by atoms with van der Waals surface area (Å²) in [7, 11) is 0. The number of rotatable bonds is 6. The maximum Gasteiger partial charge on any atom is 0.227 e. The molecule has 24 heavy (non-hydrogen) atoms. The van der Waals surface area contributed by atoms with Crippen LogP contribution in [0, 0.1) is 6.92 Å². The number of aromatic nitrogens is 1. The molecule has 1 aliphatic heterocycles. The summed E-state index contributed by atoms with van der Waals surface area (Å²) in [5.41, 5.74) is 3.14. The molecule has 5 heteroatoms. The second kappa shape index (κ2) is 7.90. The van der Waals surface area contributed by atoms with E-state index in [-0.39, 0.29) is 12.5 Å². The van der Waals surface area contributed by atoms with Gasteiger partial charge in [0.05, 0.1) is 17.1 Å². The van der Waals surface area contributed by atoms with Crippen molar-refractivity contribution in [3.8, 4) is 11.3 Å². The number of amides is 1. The molecule has 2 aromatic rings. The molecule has 1 aromatic carbocycles. The standard InChI is InChI=1S/C19H24N2O2S/c1-14-20-18(13-24-14)16-8-6-15(7-9-16)12-19(23)21-10-2-4-17(21)5-3-11-22/h6-9,13,17,22H,2-5,10-12H2,1H3. The van der Waals surface area contributed by atoms with E-state index in [1.165, 1.54) is 0 Å². The minimum absolute atomic E-state index is 0.202. The van der Waals surface area contributed by atoms with Gasteiger partial charge < -0.3 is 10.0 Å². The van der Waals surface area contributed by atoms with Crippen molar-refractivity contribution < 1.29 is 9.90 Å². The van der Waals surface area contributed by atoms with Crippen LogP contribution >= 0.6 is 11.3 Å². The Hall–Kier alpha value is -1.72. The first-order valence-corrected chi connectivity index (χ1v) is 9.47. The summed E-state index contributed by atoms with van der Waals surface area (Å²) in [5, 5.41) is 12.1. The molecular formula is C19H24N2O2S. The number of aryl methyl sites for hydroxylation is 1. The molecule has 1 atom stereocenters. The lowest BCUT2D eigenvalue weighted by molar-refractivity contribution is -0.131. The Labute approximate surface area is 147 Å². The number of carbonyl (C=O) groups is 1. The van der Waals surface area contributed by atoms with Gasteiger partial charge in [-0.2, -0.15) is 0 Å². The van der Waals surface area contributed by atoms with Crippen LogP contribution in [-0.4, -0.2) is 40.1 Å². The first-order valence-electron chi connectivity index (χ1n) is 8.59. The first-order chi connectivity index (χ1) is 11.7. The highest BCUT2D eigenvalue weighted by Crippen LogP contribution is 2.24. The highest BCUT2D eigenvalue weighted by Gasteiger charge is 2.27. The molecule has 0 spiro atoms. The van der Waals surface area contributed by atoms with Gasteiger partial charge in [-0.1, -0.05) is 24.3 Å². The monoisotopic (exact) mass is 344 g/mol. The molecule has 0 saturated carbocycles. The van der Waals surface area contributed by atoms with Gasteiger partial charge in [0.25, 0.3) is 0 Å². The molecule has 0 aliphatic carbocycles. The fourth-order valence-corrected chi connectivity index (χ4v) is 3.98. The van der Waals surface area contributed by atoms with Crippen LogP contribution in [0.3, 0.4) is 0 Å². The normalized spacial score (nSPS) is 17.4. The number of hydrogen-bond acceptors (Lipinski definition) is 4. The fourth-order valence-electron chi connectivity index (χ4n) is 3.36. The third-order valence-corrected chi connectivity index (χ3v) is 5.39. The Balaban J connectivity index is 1.62. The summed E-state index contributed by atoms with van der Waals surface area (Å²) >= 11 is 1.65. The number of nitrogens with zero attached hydrogens (tertiary/aromatic N) is 2. The number of likely N-dealkylation sites (tertiary alicyclic amines) is 1. The molecule has 1 unspecified atom stereocenters. The van der Waals surface area contributed by atoms with E-state index in [0.29, 0.717) is 12.5 Å². The van der Waals surface area contributed by atoms with Crippen LogP contribution in [0.2, 0.25) is 0 Å². The fraction of sp³-hybridized carbons (Fsp3) is 0.474. The van der Waals surface area contributed by atoms with Gasteiger partial charge in [0.15, 0.2) is 0 Å². The maximum atomic E-state index is 12.6. The molecular weight excluding hydrogens is 320 g/mol. The summed E-state index contributed by atoms with van der Waals surface area (Å²) in [5.74, 6) is 0.202. The zero-order valence-electron chi connectivity index (χ0n) is 14.1. The Morgan fingerprint density at radius 1 is 1.38 bits per heavy atom. The van der Waals surface area contributed by atoms with Crippen LogP contribution in [0.25, 0.3) is 11.3 Å². The van der Waals surface area contributed by atoms with Crippen LogP contribution < -0.4 is 0 Å². The molecule has 1 saturated heterocycles.